The van der Waals surface area contributed by atoms with Gasteiger partial charge in [-0.15, -0.1) is 0 Å². The summed E-state index contributed by atoms with van der Waals surface area (Å²) in [5, 5.41) is 6.21. The maximum absolute atomic E-state index is 12.2. The number of amides is 1. The minimum atomic E-state index is -0.0353. The summed E-state index contributed by atoms with van der Waals surface area (Å²) >= 11 is 0. The Hall–Kier alpha value is -2.77. The van der Waals surface area contributed by atoms with Gasteiger partial charge in [0, 0.05) is 30.8 Å². The number of nitrogens with one attached hydrogen (secondary N) is 2. The number of rotatable bonds is 6. The number of fused-ring (bicyclic) bond motifs is 1. The molecule has 2 N–H and O–H groups in total. The monoisotopic (exact) mass is 370 g/mol. The summed E-state index contributed by atoms with van der Waals surface area (Å²) in [6.45, 7) is 2.68. The second-order valence-corrected chi connectivity index (χ2v) is 6.48. The Morgan fingerprint density at radius 2 is 2.11 bits per heavy atom. The third-order valence-corrected chi connectivity index (χ3v) is 4.39. The standard InChI is InChI=1S/C20H22N2O5/c23-20(9-16-12-24-7-6-21-16)22-15-3-1-2-14(8-15)11-25-17-4-5-18-19(10-17)27-13-26-18/h1-5,8,10,16,21H,6-7,9,11-13H2,(H,22,23). The van der Waals surface area contributed by atoms with E-state index in [1.54, 1.807) is 0 Å². The summed E-state index contributed by atoms with van der Waals surface area (Å²) in [5.74, 6) is 2.09. The van der Waals surface area contributed by atoms with Crippen molar-refractivity contribution in [3.05, 3.63) is 48.0 Å². The third-order valence-electron chi connectivity index (χ3n) is 4.39. The third kappa shape index (κ3) is 4.69. The molecule has 0 bridgehead atoms. The van der Waals surface area contributed by atoms with E-state index in [9.17, 15) is 4.79 Å². The predicted octanol–water partition coefficient (Wildman–Crippen LogP) is 2.31. The van der Waals surface area contributed by atoms with Gasteiger partial charge in [0.05, 0.1) is 13.2 Å². The van der Waals surface area contributed by atoms with Crippen LogP contribution in [0, 0.1) is 0 Å². The van der Waals surface area contributed by atoms with Crippen LogP contribution < -0.4 is 24.8 Å². The van der Waals surface area contributed by atoms with Gasteiger partial charge in [-0.05, 0) is 29.8 Å². The van der Waals surface area contributed by atoms with Crippen LogP contribution in [0.15, 0.2) is 42.5 Å². The molecule has 0 radical (unpaired) electrons. The lowest BCUT2D eigenvalue weighted by Gasteiger charge is -2.23. The van der Waals surface area contributed by atoms with Crippen molar-refractivity contribution in [2.45, 2.75) is 19.1 Å². The highest BCUT2D eigenvalue weighted by Gasteiger charge is 2.17. The summed E-state index contributed by atoms with van der Waals surface area (Å²) in [6.07, 6.45) is 0.387. The van der Waals surface area contributed by atoms with Crippen molar-refractivity contribution in [3.8, 4) is 17.2 Å². The molecule has 2 aliphatic heterocycles. The first-order valence-electron chi connectivity index (χ1n) is 8.99. The van der Waals surface area contributed by atoms with Gasteiger partial charge in [0.15, 0.2) is 11.5 Å². The Morgan fingerprint density at radius 3 is 3.00 bits per heavy atom. The van der Waals surface area contributed by atoms with Gasteiger partial charge < -0.3 is 29.6 Å². The lowest BCUT2D eigenvalue weighted by molar-refractivity contribution is -0.117. The maximum atomic E-state index is 12.2. The van der Waals surface area contributed by atoms with E-state index in [0.717, 1.165) is 23.5 Å². The van der Waals surface area contributed by atoms with Crippen molar-refractivity contribution >= 4 is 11.6 Å². The van der Waals surface area contributed by atoms with E-state index in [1.165, 1.54) is 0 Å². The van der Waals surface area contributed by atoms with E-state index in [4.69, 9.17) is 18.9 Å². The smallest absolute Gasteiger partial charge is 0.231 e. The fourth-order valence-electron chi connectivity index (χ4n) is 3.06. The molecule has 1 atom stereocenters. The highest BCUT2D eigenvalue weighted by Crippen LogP contribution is 2.35. The van der Waals surface area contributed by atoms with Crippen LogP contribution in [0.5, 0.6) is 17.2 Å². The van der Waals surface area contributed by atoms with Gasteiger partial charge in [-0.1, -0.05) is 12.1 Å². The van der Waals surface area contributed by atoms with Gasteiger partial charge in [-0.3, -0.25) is 4.79 Å². The predicted molar refractivity (Wildman–Crippen MR) is 99.2 cm³/mol. The zero-order valence-corrected chi connectivity index (χ0v) is 14.9. The average Bonchev–Trinajstić information content (AvgIpc) is 3.15. The Kier molecular flexibility index (Phi) is 5.41. The molecule has 7 nitrogen and oxygen atoms in total. The molecule has 0 spiro atoms. The van der Waals surface area contributed by atoms with E-state index in [2.05, 4.69) is 10.6 Å². The SMILES string of the molecule is O=C(CC1COCCN1)Nc1cccc(COc2ccc3c(c2)OCO3)c1. The van der Waals surface area contributed by atoms with Crippen LogP contribution in [0.4, 0.5) is 5.69 Å². The van der Waals surface area contributed by atoms with E-state index >= 15 is 0 Å². The molecule has 7 heteroatoms. The van der Waals surface area contributed by atoms with Crippen molar-refractivity contribution < 1.29 is 23.7 Å². The maximum Gasteiger partial charge on any atom is 0.231 e. The van der Waals surface area contributed by atoms with Crippen LogP contribution in [0.25, 0.3) is 0 Å². The first-order valence-corrected chi connectivity index (χ1v) is 8.99. The van der Waals surface area contributed by atoms with Crippen LogP contribution in [0.1, 0.15) is 12.0 Å². The second-order valence-electron chi connectivity index (χ2n) is 6.48. The van der Waals surface area contributed by atoms with E-state index in [1.807, 2.05) is 42.5 Å². The number of carbonyl (C=O) groups excluding carboxylic acids is 1. The lowest BCUT2D eigenvalue weighted by atomic mass is 10.1. The minimum absolute atomic E-state index is 0.0353. The van der Waals surface area contributed by atoms with Crippen molar-refractivity contribution in [2.24, 2.45) is 0 Å². The van der Waals surface area contributed by atoms with E-state index < -0.39 is 0 Å². The second kappa shape index (κ2) is 8.28. The molecule has 1 unspecified atom stereocenters. The molecule has 0 saturated carbocycles. The fraction of sp³-hybridized carbons (Fsp3) is 0.350. The molecule has 27 heavy (non-hydrogen) atoms. The van der Waals surface area contributed by atoms with Crippen molar-refractivity contribution in [3.63, 3.8) is 0 Å². The topological polar surface area (TPSA) is 78.1 Å². The molecule has 1 amide bonds. The fourth-order valence-corrected chi connectivity index (χ4v) is 3.06. The normalized spacial score (nSPS) is 18.1. The van der Waals surface area contributed by atoms with Crippen molar-refractivity contribution in [2.75, 3.05) is 31.9 Å². The molecule has 0 aliphatic carbocycles. The molecule has 1 fully saturated rings. The molecule has 2 aromatic rings. The Balaban J connectivity index is 1.31. The summed E-state index contributed by atoms with van der Waals surface area (Å²) in [7, 11) is 0. The Bertz CT molecular complexity index is 805. The number of morpholine rings is 1. The van der Waals surface area contributed by atoms with Gasteiger partial charge in [0.25, 0.3) is 0 Å². The van der Waals surface area contributed by atoms with Crippen molar-refractivity contribution in [1.29, 1.82) is 0 Å². The highest BCUT2D eigenvalue weighted by molar-refractivity contribution is 5.91. The van der Waals surface area contributed by atoms with Crippen LogP contribution in [0.3, 0.4) is 0 Å². The number of ether oxygens (including phenoxy) is 4. The molecule has 2 aliphatic rings. The largest absolute Gasteiger partial charge is 0.489 e. The number of hydrogen-bond donors (Lipinski definition) is 2. The molecule has 1 saturated heterocycles. The zero-order chi connectivity index (χ0) is 18.5. The lowest BCUT2D eigenvalue weighted by Crippen LogP contribution is -2.43. The van der Waals surface area contributed by atoms with Gasteiger partial charge in [-0.25, -0.2) is 0 Å². The summed E-state index contributed by atoms with van der Waals surface area (Å²) in [6, 6.07) is 13.2. The molecule has 4 rings (SSSR count). The molecule has 0 aromatic heterocycles. The van der Waals surface area contributed by atoms with E-state index in [0.29, 0.717) is 37.7 Å². The van der Waals surface area contributed by atoms with Crippen LogP contribution in [-0.4, -0.2) is 38.5 Å². The summed E-state index contributed by atoms with van der Waals surface area (Å²) < 4.78 is 21.8. The van der Waals surface area contributed by atoms with Gasteiger partial charge in [-0.2, -0.15) is 0 Å². The molecule has 2 aromatic carbocycles. The number of benzene rings is 2. The number of anilines is 1. The molecular weight excluding hydrogens is 348 g/mol. The van der Waals surface area contributed by atoms with Crippen LogP contribution in [0.2, 0.25) is 0 Å². The zero-order valence-electron chi connectivity index (χ0n) is 14.9. The molecule has 142 valence electrons. The summed E-state index contributed by atoms with van der Waals surface area (Å²) in [5.41, 5.74) is 1.72. The quantitative estimate of drug-likeness (QED) is 0.813. The number of hydrogen-bond acceptors (Lipinski definition) is 6. The van der Waals surface area contributed by atoms with Gasteiger partial charge >= 0.3 is 0 Å². The molecule has 2 heterocycles. The highest BCUT2D eigenvalue weighted by atomic mass is 16.7. The Morgan fingerprint density at radius 1 is 1.19 bits per heavy atom. The Labute approximate surface area is 157 Å². The average molecular weight is 370 g/mol. The van der Waals surface area contributed by atoms with Crippen LogP contribution in [-0.2, 0) is 16.1 Å². The summed E-state index contributed by atoms with van der Waals surface area (Å²) in [4.78, 5) is 12.2. The molecular formula is C20H22N2O5. The minimum Gasteiger partial charge on any atom is -0.489 e. The van der Waals surface area contributed by atoms with E-state index in [-0.39, 0.29) is 18.7 Å². The van der Waals surface area contributed by atoms with Crippen molar-refractivity contribution in [1.82, 2.24) is 5.32 Å². The first kappa shape index (κ1) is 17.6. The first-order chi connectivity index (χ1) is 13.3. The van der Waals surface area contributed by atoms with Gasteiger partial charge in [0.1, 0.15) is 12.4 Å². The van der Waals surface area contributed by atoms with Gasteiger partial charge in [0.2, 0.25) is 12.7 Å². The number of carbonyl (C=O) groups is 1. The van der Waals surface area contributed by atoms with Crippen LogP contribution >= 0.6 is 0 Å².